The van der Waals surface area contributed by atoms with Crippen LogP contribution in [0.3, 0.4) is 0 Å². The van der Waals surface area contributed by atoms with Crippen LogP contribution < -0.4 is 4.90 Å². The quantitative estimate of drug-likeness (QED) is 0.815. The molecule has 0 spiro atoms. The minimum atomic E-state index is -1.33. The Bertz CT molecular complexity index is 678. The van der Waals surface area contributed by atoms with Crippen LogP contribution in [0, 0.1) is 13.8 Å². The van der Waals surface area contributed by atoms with Gasteiger partial charge in [-0.15, -0.1) is 0 Å². The third kappa shape index (κ3) is 3.88. The summed E-state index contributed by atoms with van der Waals surface area (Å²) < 4.78 is 17.7. The van der Waals surface area contributed by atoms with Crippen molar-refractivity contribution in [1.29, 1.82) is 0 Å². The molecule has 5 nitrogen and oxygen atoms in total. The lowest BCUT2D eigenvalue weighted by Gasteiger charge is -2.24. The minimum absolute atomic E-state index is 0.135. The first kappa shape index (κ1) is 17.4. The summed E-state index contributed by atoms with van der Waals surface area (Å²) in [5.74, 6) is 0.801. The molecule has 0 aliphatic heterocycles. The van der Waals surface area contributed by atoms with E-state index < -0.39 is 16.0 Å². The zero-order valence-electron chi connectivity index (χ0n) is 13.9. The number of hydrogen-bond acceptors (Lipinski definition) is 4. The van der Waals surface area contributed by atoms with E-state index in [-0.39, 0.29) is 11.7 Å². The van der Waals surface area contributed by atoms with Gasteiger partial charge in [-0.25, -0.2) is 0 Å². The molecule has 1 heterocycles. The van der Waals surface area contributed by atoms with E-state index in [9.17, 15) is 9.00 Å². The molecule has 0 saturated carbocycles. The third-order valence-corrected chi connectivity index (χ3v) is 5.42. The summed E-state index contributed by atoms with van der Waals surface area (Å²) in [4.78, 5) is 14.4. The Hall–Kier alpha value is -1.95. The Morgan fingerprint density at radius 1 is 1.30 bits per heavy atom. The molecule has 2 rings (SSSR count). The van der Waals surface area contributed by atoms with Crippen molar-refractivity contribution in [2.45, 2.75) is 38.7 Å². The van der Waals surface area contributed by atoms with Gasteiger partial charge in [-0.05, 0) is 39.8 Å². The Morgan fingerprint density at radius 3 is 2.48 bits per heavy atom. The van der Waals surface area contributed by atoms with E-state index >= 15 is 0 Å². The molecule has 2 atom stereocenters. The molecule has 2 aromatic rings. The molecule has 0 bridgehead atoms. The smallest absolute Gasteiger partial charge is 0.242 e. The number of aryl methyl sites for hydroxylation is 2. The van der Waals surface area contributed by atoms with Gasteiger partial charge in [-0.1, -0.05) is 23.4 Å². The number of amides is 1. The zero-order chi connectivity index (χ0) is 17.0. The van der Waals surface area contributed by atoms with E-state index in [1.54, 1.807) is 18.7 Å². The van der Waals surface area contributed by atoms with Gasteiger partial charge in [0.2, 0.25) is 5.91 Å². The SMILES string of the molecule is CCN(C(=O)C(C)S(=O)Cc1c(C)noc1C)c1ccccc1. The number of anilines is 1. The summed E-state index contributed by atoms with van der Waals surface area (Å²) in [6.07, 6.45) is 0. The Morgan fingerprint density at radius 2 is 1.96 bits per heavy atom. The maximum Gasteiger partial charge on any atom is 0.242 e. The number of benzene rings is 1. The van der Waals surface area contributed by atoms with E-state index in [1.165, 1.54) is 0 Å². The van der Waals surface area contributed by atoms with Crippen LogP contribution in [0.1, 0.15) is 30.9 Å². The minimum Gasteiger partial charge on any atom is -0.361 e. The standard InChI is InChI=1S/C17H22N2O3S/c1-5-19(15-9-7-6-8-10-15)17(20)14(4)23(21)11-16-12(2)18-22-13(16)3/h6-10,14H,5,11H2,1-4H3. The molecule has 1 amide bonds. The number of nitrogens with zero attached hydrogens (tertiary/aromatic N) is 2. The number of para-hydroxylation sites is 1. The average Bonchev–Trinajstić information content (AvgIpc) is 2.87. The normalized spacial score (nSPS) is 13.6. The third-order valence-electron chi connectivity index (χ3n) is 3.86. The number of rotatable bonds is 6. The molecular weight excluding hydrogens is 312 g/mol. The Labute approximate surface area is 139 Å². The van der Waals surface area contributed by atoms with E-state index in [0.29, 0.717) is 12.3 Å². The van der Waals surface area contributed by atoms with Gasteiger partial charge in [-0.3, -0.25) is 9.00 Å². The second-order valence-corrected chi connectivity index (χ2v) is 7.15. The van der Waals surface area contributed by atoms with Crippen LogP contribution in [0.25, 0.3) is 0 Å². The van der Waals surface area contributed by atoms with Gasteiger partial charge in [0, 0.05) is 28.6 Å². The van der Waals surface area contributed by atoms with Gasteiger partial charge < -0.3 is 9.42 Å². The largest absolute Gasteiger partial charge is 0.361 e. The van der Waals surface area contributed by atoms with Gasteiger partial charge in [0.1, 0.15) is 11.0 Å². The maximum absolute atomic E-state index is 12.7. The molecule has 2 unspecified atom stereocenters. The number of carbonyl (C=O) groups is 1. The van der Waals surface area contributed by atoms with Crippen LogP contribution >= 0.6 is 0 Å². The number of hydrogen-bond donors (Lipinski definition) is 0. The lowest BCUT2D eigenvalue weighted by molar-refractivity contribution is -0.117. The molecule has 124 valence electrons. The molecule has 23 heavy (non-hydrogen) atoms. The van der Waals surface area contributed by atoms with Gasteiger partial charge in [0.05, 0.1) is 11.4 Å². The predicted molar refractivity (Wildman–Crippen MR) is 91.8 cm³/mol. The zero-order valence-corrected chi connectivity index (χ0v) is 14.7. The average molecular weight is 334 g/mol. The number of carbonyl (C=O) groups excluding carboxylic acids is 1. The predicted octanol–water partition coefficient (Wildman–Crippen LogP) is 2.98. The number of aromatic nitrogens is 1. The van der Waals surface area contributed by atoms with Crippen molar-refractivity contribution in [3.05, 3.63) is 47.3 Å². The summed E-state index contributed by atoms with van der Waals surface area (Å²) in [5.41, 5.74) is 2.37. The summed E-state index contributed by atoms with van der Waals surface area (Å²) in [7, 11) is -1.33. The summed E-state index contributed by atoms with van der Waals surface area (Å²) >= 11 is 0. The lowest BCUT2D eigenvalue weighted by Crippen LogP contribution is -2.40. The van der Waals surface area contributed by atoms with Crippen molar-refractivity contribution in [2.75, 3.05) is 11.4 Å². The highest BCUT2D eigenvalue weighted by atomic mass is 32.2. The van der Waals surface area contributed by atoms with Crippen LogP contribution in [0.5, 0.6) is 0 Å². The van der Waals surface area contributed by atoms with Crippen molar-refractivity contribution < 1.29 is 13.5 Å². The maximum atomic E-state index is 12.7. The van der Waals surface area contributed by atoms with Crippen molar-refractivity contribution in [2.24, 2.45) is 0 Å². The second kappa shape index (κ2) is 7.55. The van der Waals surface area contributed by atoms with Crippen molar-refractivity contribution in [3.8, 4) is 0 Å². The van der Waals surface area contributed by atoms with E-state index in [4.69, 9.17) is 4.52 Å². The molecule has 0 aliphatic rings. The van der Waals surface area contributed by atoms with E-state index in [0.717, 1.165) is 16.9 Å². The van der Waals surface area contributed by atoms with Crippen LogP contribution in [0.2, 0.25) is 0 Å². The van der Waals surface area contributed by atoms with Gasteiger partial charge in [0.15, 0.2) is 0 Å². The van der Waals surface area contributed by atoms with Crippen molar-refractivity contribution in [1.82, 2.24) is 5.16 Å². The van der Waals surface area contributed by atoms with Crippen molar-refractivity contribution in [3.63, 3.8) is 0 Å². The van der Waals surface area contributed by atoms with Gasteiger partial charge in [0.25, 0.3) is 0 Å². The Balaban J connectivity index is 2.13. The molecule has 0 radical (unpaired) electrons. The highest BCUT2D eigenvalue weighted by Crippen LogP contribution is 2.19. The molecule has 0 N–H and O–H groups in total. The molecule has 0 aliphatic carbocycles. The molecule has 0 saturated heterocycles. The van der Waals surface area contributed by atoms with Crippen LogP contribution in [-0.4, -0.2) is 27.1 Å². The van der Waals surface area contributed by atoms with Gasteiger partial charge >= 0.3 is 0 Å². The lowest BCUT2D eigenvalue weighted by atomic mass is 10.2. The highest BCUT2D eigenvalue weighted by Gasteiger charge is 2.27. The fraction of sp³-hybridized carbons (Fsp3) is 0.412. The Kier molecular flexibility index (Phi) is 5.71. The van der Waals surface area contributed by atoms with Crippen LogP contribution in [0.15, 0.2) is 34.9 Å². The first-order valence-electron chi connectivity index (χ1n) is 7.61. The van der Waals surface area contributed by atoms with Crippen molar-refractivity contribution >= 4 is 22.4 Å². The molecule has 6 heteroatoms. The summed E-state index contributed by atoms with van der Waals surface area (Å²) in [6, 6.07) is 9.44. The van der Waals surface area contributed by atoms with Crippen LogP contribution in [-0.2, 0) is 21.3 Å². The fourth-order valence-corrected chi connectivity index (χ4v) is 3.68. The second-order valence-electron chi connectivity index (χ2n) is 5.39. The first-order chi connectivity index (χ1) is 11.0. The topological polar surface area (TPSA) is 63.4 Å². The fourth-order valence-electron chi connectivity index (χ4n) is 2.38. The summed E-state index contributed by atoms with van der Waals surface area (Å²) in [5, 5.41) is 3.27. The van der Waals surface area contributed by atoms with Gasteiger partial charge in [-0.2, -0.15) is 0 Å². The van der Waals surface area contributed by atoms with Crippen LogP contribution in [0.4, 0.5) is 5.69 Å². The first-order valence-corrected chi connectivity index (χ1v) is 8.99. The molecule has 1 aromatic carbocycles. The molecule has 1 aromatic heterocycles. The highest BCUT2D eigenvalue weighted by molar-refractivity contribution is 7.85. The molecule has 0 fully saturated rings. The summed E-state index contributed by atoms with van der Waals surface area (Å²) in [6.45, 7) is 7.77. The van der Waals surface area contributed by atoms with E-state index in [1.807, 2.05) is 44.2 Å². The monoisotopic (exact) mass is 334 g/mol. The van der Waals surface area contributed by atoms with E-state index in [2.05, 4.69) is 5.16 Å². The molecular formula is C17H22N2O3S.